The van der Waals surface area contributed by atoms with Crippen molar-refractivity contribution in [2.24, 2.45) is 0 Å². The van der Waals surface area contributed by atoms with Crippen LogP contribution in [0.25, 0.3) is 0 Å². The molecule has 0 aromatic carbocycles. The predicted octanol–water partition coefficient (Wildman–Crippen LogP) is 2.73. The zero-order valence-corrected chi connectivity index (χ0v) is 11.6. The van der Waals surface area contributed by atoms with Gasteiger partial charge in [-0.1, -0.05) is 31.1 Å². The van der Waals surface area contributed by atoms with Gasteiger partial charge in [0.05, 0.1) is 6.54 Å². The molecule has 1 aromatic heterocycles. The first kappa shape index (κ1) is 12.8. The molecular formula is C12H22N4S. The molecule has 1 saturated heterocycles. The summed E-state index contributed by atoms with van der Waals surface area (Å²) in [6.07, 6.45) is 6.68. The summed E-state index contributed by atoms with van der Waals surface area (Å²) in [6.45, 7) is 4.48. The first-order valence-corrected chi connectivity index (χ1v) is 7.39. The van der Waals surface area contributed by atoms with E-state index in [9.17, 15) is 0 Å². The fraction of sp³-hybridized carbons (Fsp3) is 0.833. The lowest BCUT2D eigenvalue weighted by Crippen LogP contribution is -2.33. The number of rotatable bonds is 4. The van der Waals surface area contributed by atoms with Crippen LogP contribution in [-0.4, -0.2) is 34.7 Å². The van der Waals surface area contributed by atoms with Gasteiger partial charge in [0.25, 0.3) is 0 Å². The largest absolute Gasteiger partial charge is 0.363 e. The molecule has 1 aliphatic rings. The summed E-state index contributed by atoms with van der Waals surface area (Å²) in [5.41, 5.74) is 0. The van der Waals surface area contributed by atoms with E-state index in [4.69, 9.17) is 0 Å². The Labute approximate surface area is 107 Å². The van der Waals surface area contributed by atoms with Crippen LogP contribution >= 0.6 is 11.3 Å². The van der Waals surface area contributed by atoms with Crippen LogP contribution in [0.2, 0.25) is 0 Å². The summed E-state index contributed by atoms with van der Waals surface area (Å²) in [6, 6.07) is 0.736. The smallest absolute Gasteiger partial charge is 0.205 e. The van der Waals surface area contributed by atoms with E-state index < -0.39 is 0 Å². The molecule has 0 bridgehead atoms. The second-order valence-electron chi connectivity index (χ2n) is 4.63. The summed E-state index contributed by atoms with van der Waals surface area (Å²) in [4.78, 5) is 2.59. The van der Waals surface area contributed by atoms with Crippen molar-refractivity contribution < 1.29 is 0 Å². The Balaban J connectivity index is 1.99. The lowest BCUT2D eigenvalue weighted by Gasteiger charge is -2.27. The Bertz CT molecular complexity index is 339. The van der Waals surface area contributed by atoms with Crippen LogP contribution in [0.15, 0.2) is 0 Å². The zero-order valence-electron chi connectivity index (χ0n) is 10.8. The lowest BCUT2D eigenvalue weighted by atomic mass is 10.1. The van der Waals surface area contributed by atoms with E-state index >= 15 is 0 Å². The molecule has 17 heavy (non-hydrogen) atoms. The van der Waals surface area contributed by atoms with Crippen LogP contribution in [0, 0.1) is 0 Å². The van der Waals surface area contributed by atoms with Crippen molar-refractivity contribution in [1.29, 1.82) is 0 Å². The van der Waals surface area contributed by atoms with E-state index in [1.54, 1.807) is 11.3 Å². The quantitative estimate of drug-likeness (QED) is 0.897. The Morgan fingerprint density at radius 2 is 2.24 bits per heavy atom. The summed E-state index contributed by atoms with van der Waals surface area (Å²) in [7, 11) is 1.89. The summed E-state index contributed by atoms with van der Waals surface area (Å²) < 4.78 is 0. The second kappa shape index (κ2) is 6.31. The van der Waals surface area contributed by atoms with Crippen LogP contribution in [0.5, 0.6) is 0 Å². The third kappa shape index (κ3) is 3.39. The van der Waals surface area contributed by atoms with Gasteiger partial charge in [-0.15, -0.1) is 10.2 Å². The van der Waals surface area contributed by atoms with Gasteiger partial charge in [-0.3, -0.25) is 4.90 Å². The van der Waals surface area contributed by atoms with E-state index in [2.05, 4.69) is 27.3 Å². The molecule has 1 N–H and O–H groups in total. The van der Waals surface area contributed by atoms with E-state index in [1.807, 2.05) is 7.05 Å². The molecule has 4 nitrogen and oxygen atoms in total. The second-order valence-corrected chi connectivity index (χ2v) is 5.69. The first-order valence-electron chi connectivity index (χ1n) is 6.57. The highest BCUT2D eigenvalue weighted by Crippen LogP contribution is 2.23. The third-order valence-electron chi connectivity index (χ3n) is 3.49. The molecule has 0 amide bonds. The zero-order chi connectivity index (χ0) is 12.1. The van der Waals surface area contributed by atoms with E-state index in [1.165, 1.54) is 38.6 Å². The normalized spacial score (nSPS) is 22.4. The fourth-order valence-corrected chi connectivity index (χ4v) is 3.22. The van der Waals surface area contributed by atoms with Crippen molar-refractivity contribution in [2.75, 3.05) is 18.9 Å². The predicted molar refractivity (Wildman–Crippen MR) is 72.4 cm³/mol. The molecule has 0 saturated carbocycles. The number of hydrogen-bond acceptors (Lipinski definition) is 5. The monoisotopic (exact) mass is 254 g/mol. The molecule has 0 spiro atoms. The molecule has 1 aliphatic heterocycles. The molecule has 0 radical (unpaired) electrons. The Morgan fingerprint density at radius 1 is 1.35 bits per heavy atom. The van der Waals surface area contributed by atoms with Crippen molar-refractivity contribution in [3.8, 4) is 0 Å². The molecule has 1 fully saturated rings. The Kier molecular flexibility index (Phi) is 4.74. The minimum Gasteiger partial charge on any atom is -0.363 e. The summed E-state index contributed by atoms with van der Waals surface area (Å²) in [5.74, 6) is 0. The summed E-state index contributed by atoms with van der Waals surface area (Å²) >= 11 is 1.67. The van der Waals surface area contributed by atoms with Gasteiger partial charge in [0.1, 0.15) is 5.01 Å². The van der Waals surface area contributed by atoms with E-state index in [0.717, 1.165) is 22.7 Å². The lowest BCUT2D eigenvalue weighted by molar-refractivity contribution is 0.185. The number of nitrogens with one attached hydrogen (secondary N) is 1. The molecule has 1 atom stereocenters. The van der Waals surface area contributed by atoms with E-state index in [-0.39, 0.29) is 0 Å². The highest BCUT2D eigenvalue weighted by molar-refractivity contribution is 7.15. The van der Waals surface area contributed by atoms with Gasteiger partial charge in [-0.05, 0) is 25.8 Å². The summed E-state index contributed by atoms with van der Waals surface area (Å²) in [5, 5.41) is 13.5. The number of nitrogens with zero attached hydrogens (tertiary/aromatic N) is 3. The minimum absolute atomic E-state index is 0.736. The van der Waals surface area contributed by atoms with Crippen LogP contribution in [0.4, 0.5) is 5.13 Å². The van der Waals surface area contributed by atoms with Crippen molar-refractivity contribution in [2.45, 2.75) is 51.6 Å². The standard InChI is InChI=1S/C12H22N4S/c1-3-10-7-5-4-6-8-16(10)9-11-14-15-12(13-2)17-11/h10H,3-9H2,1-2H3,(H,13,15). The van der Waals surface area contributed by atoms with Crippen molar-refractivity contribution in [3.63, 3.8) is 0 Å². The fourth-order valence-electron chi connectivity index (χ4n) is 2.50. The van der Waals surface area contributed by atoms with Crippen LogP contribution < -0.4 is 5.32 Å². The van der Waals surface area contributed by atoms with Crippen LogP contribution in [0.3, 0.4) is 0 Å². The van der Waals surface area contributed by atoms with Gasteiger partial charge in [0.15, 0.2) is 0 Å². The number of likely N-dealkylation sites (tertiary alicyclic amines) is 1. The van der Waals surface area contributed by atoms with Gasteiger partial charge in [0.2, 0.25) is 5.13 Å². The third-order valence-corrected chi connectivity index (χ3v) is 4.41. The molecule has 96 valence electrons. The van der Waals surface area contributed by atoms with Crippen molar-refractivity contribution >= 4 is 16.5 Å². The maximum atomic E-state index is 4.24. The first-order chi connectivity index (χ1) is 8.33. The Hall–Kier alpha value is -0.680. The van der Waals surface area contributed by atoms with Gasteiger partial charge in [0, 0.05) is 13.1 Å². The van der Waals surface area contributed by atoms with Crippen molar-refractivity contribution in [3.05, 3.63) is 5.01 Å². The van der Waals surface area contributed by atoms with Gasteiger partial charge in [-0.25, -0.2) is 0 Å². The van der Waals surface area contributed by atoms with Gasteiger partial charge in [-0.2, -0.15) is 0 Å². The molecule has 1 aromatic rings. The maximum absolute atomic E-state index is 4.24. The molecule has 0 aliphatic carbocycles. The number of anilines is 1. The van der Waals surface area contributed by atoms with Crippen molar-refractivity contribution in [1.82, 2.24) is 15.1 Å². The SMILES string of the molecule is CCC1CCCCCN1Cc1nnc(NC)s1. The number of aromatic nitrogens is 2. The van der Waals surface area contributed by atoms with Crippen LogP contribution in [0.1, 0.15) is 44.0 Å². The highest BCUT2D eigenvalue weighted by Gasteiger charge is 2.20. The molecule has 2 rings (SSSR count). The topological polar surface area (TPSA) is 41.1 Å². The Morgan fingerprint density at radius 3 is 2.94 bits per heavy atom. The average molecular weight is 254 g/mol. The van der Waals surface area contributed by atoms with Gasteiger partial charge < -0.3 is 5.32 Å². The van der Waals surface area contributed by atoms with E-state index in [0.29, 0.717) is 0 Å². The molecule has 2 heterocycles. The average Bonchev–Trinajstić information content (AvgIpc) is 2.68. The molecule has 1 unspecified atom stereocenters. The molecular weight excluding hydrogens is 232 g/mol. The van der Waals surface area contributed by atoms with Gasteiger partial charge >= 0.3 is 0 Å². The van der Waals surface area contributed by atoms with Crippen LogP contribution in [-0.2, 0) is 6.54 Å². The molecule has 5 heteroatoms. The maximum Gasteiger partial charge on any atom is 0.205 e. The number of hydrogen-bond donors (Lipinski definition) is 1. The minimum atomic E-state index is 0.736. The highest BCUT2D eigenvalue weighted by atomic mass is 32.1.